The number of fused-ring (bicyclic) bond motifs is 11. The van der Waals surface area contributed by atoms with E-state index in [0.717, 1.165) is 77.5 Å². The van der Waals surface area contributed by atoms with Gasteiger partial charge in [0.25, 0.3) is 0 Å². The minimum Gasteiger partial charge on any atom is -0.455 e. The minimum absolute atomic E-state index is 0.550. The number of benzene rings is 10. The van der Waals surface area contributed by atoms with Crippen molar-refractivity contribution in [1.82, 2.24) is 0 Å². The van der Waals surface area contributed by atoms with Gasteiger partial charge in [0, 0.05) is 38.3 Å². The molecule has 0 saturated heterocycles. The van der Waals surface area contributed by atoms with Crippen LogP contribution in [-0.2, 0) is 5.41 Å². The van der Waals surface area contributed by atoms with Gasteiger partial charge in [-0.1, -0.05) is 176 Å². The van der Waals surface area contributed by atoms with Crippen LogP contribution in [0.25, 0.3) is 76.9 Å². The third kappa shape index (κ3) is 4.94. The monoisotopic (exact) mass is 791 g/mol. The van der Waals surface area contributed by atoms with Crippen molar-refractivity contribution in [3.8, 4) is 22.3 Å². The SMILES string of the molecule is c1ccc(C2(c3ccccc3)c3ccccc3-c3ccc(N(c4cccc(-c5cccc6oc7c8ccccc8ccc7c56)c4)c4cccc5c4oc4ccccc45)cc32)cc1. The van der Waals surface area contributed by atoms with Crippen LogP contribution in [0.2, 0.25) is 0 Å². The van der Waals surface area contributed by atoms with E-state index in [0.29, 0.717) is 0 Å². The molecule has 290 valence electrons. The highest BCUT2D eigenvalue weighted by molar-refractivity contribution is 6.19. The first-order valence-electron chi connectivity index (χ1n) is 21.2. The summed E-state index contributed by atoms with van der Waals surface area (Å²) in [6.07, 6.45) is 0. The number of furan rings is 2. The summed E-state index contributed by atoms with van der Waals surface area (Å²) >= 11 is 0. The van der Waals surface area contributed by atoms with Crippen LogP contribution in [0.5, 0.6) is 0 Å². The lowest BCUT2D eigenvalue weighted by Crippen LogP contribution is -2.28. The molecule has 10 aromatic carbocycles. The van der Waals surface area contributed by atoms with E-state index in [1.54, 1.807) is 0 Å². The molecule has 12 aromatic rings. The maximum Gasteiger partial charge on any atom is 0.159 e. The lowest BCUT2D eigenvalue weighted by molar-refractivity contribution is 0.669. The highest BCUT2D eigenvalue weighted by Gasteiger charge is 2.46. The first-order chi connectivity index (χ1) is 30.8. The highest BCUT2D eigenvalue weighted by atomic mass is 16.3. The molecular weight excluding hydrogens is 755 g/mol. The summed E-state index contributed by atoms with van der Waals surface area (Å²) in [6, 6.07) is 81.0. The maximum absolute atomic E-state index is 6.82. The Labute approximate surface area is 358 Å². The van der Waals surface area contributed by atoms with E-state index in [4.69, 9.17) is 8.83 Å². The molecule has 0 aliphatic heterocycles. The Kier molecular flexibility index (Phi) is 7.52. The van der Waals surface area contributed by atoms with Gasteiger partial charge >= 0.3 is 0 Å². The second kappa shape index (κ2) is 13.4. The van der Waals surface area contributed by atoms with E-state index in [1.807, 2.05) is 6.07 Å². The van der Waals surface area contributed by atoms with E-state index >= 15 is 0 Å². The molecule has 0 spiro atoms. The van der Waals surface area contributed by atoms with Crippen molar-refractivity contribution >= 4 is 71.7 Å². The second-order valence-electron chi connectivity index (χ2n) is 16.3. The molecule has 0 bridgehead atoms. The van der Waals surface area contributed by atoms with Gasteiger partial charge < -0.3 is 13.7 Å². The van der Waals surface area contributed by atoms with Crippen molar-refractivity contribution in [3.63, 3.8) is 0 Å². The van der Waals surface area contributed by atoms with Crippen LogP contribution in [0.15, 0.2) is 233 Å². The van der Waals surface area contributed by atoms with Gasteiger partial charge in [-0.25, -0.2) is 0 Å². The third-order valence-corrected chi connectivity index (χ3v) is 13.1. The molecule has 1 aliphatic rings. The zero-order valence-electron chi connectivity index (χ0n) is 33.6. The largest absolute Gasteiger partial charge is 0.455 e. The molecule has 0 unspecified atom stereocenters. The molecule has 1 aliphatic carbocycles. The molecule has 0 N–H and O–H groups in total. The summed E-state index contributed by atoms with van der Waals surface area (Å²) in [6.45, 7) is 0. The molecule has 2 aromatic heterocycles. The zero-order chi connectivity index (χ0) is 40.8. The Bertz CT molecular complexity index is 3670. The fourth-order valence-corrected chi connectivity index (χ4v) is 10.5. The van der Waals surface area contributed by atoms with Crippen LogP contribution in [0, 0.1) is 0 Å². The van der Waals surface area contributed by atoms with Gasteiger partial charge in [-0.3, -0.25) is 0 Å². The van der Waals surface area contributed by atoms with Crippen LogP contribution in [0.3, 0.4) is 0 Å². The Hall–Kier alpha value is -8.14. The Morgan fingerprint density at radius 1 is 0.355 bits per heavy atom. The van der Waals surface area contributed by atoms with Crippen LogP contribution in [-0.4, -0.2) is 0 Å². The number of hydrogen-bond donors (Lipinski definition) is 0. The molecule has 3 heteroatoms. The summed E-state index contributed by atoms with van der Waals surface area (Å²) in [5, 5.41) is 6.69. The lowest BCUT2D eigenvalue weighted by Gasteiger charge is -2.35. The first kappa shape index (κ1) is 34.7. The Morgan fingerprint density at radius 3 is 1.84 bits per heavy atom. The molecule has 2 heterocycles. The van der Waals surface area contributed by atoms with Crippen molar-refractivity contribution in [1.29, 1.82) is 0 Å². The van der Waals surface area contributed by atoms with E-state index in [-0.39, 0.29) is 0 Å². The van der Waals surface area contributed by atoms with E-state index in [2.05, 4.69) is 223 Å². The normalized spacial score (nSPS) is 13.0. The molecule has 62 heavy (non-hydrogen) atoms. The molecule has 0 amide bonds. The molecule has 0 fully saturated rings. The maximum atomic E-state index is 6.82. The van der Waals surface area contributed by atoms with Gasteiger partial charge in [0.15, 0.2) is 5.58 Å². The zero-order valence-corrected chi connectivity index (χ0v) is 33.6. The predicted molar refractivity (Wildman–Crippen MR) is 256 cm³/mol. The van der Waals surface area contributed by atoms with Gasteiger partial charge in [0.05, 0.1) is 11.1 Å². The van der Waals surface area contributed by atoms with Crippen LogP contribution in [0.4, 0.5) is 17.1 Å². The van der Waals surface area contributed by atoms with E-state index < -0.39 is 5.41 Å². The van der Waals surface area contributed by atoms with Gasteiger partial charge in [-0.2, -0.15) is 0 Å². The van der Waals surface area contributed by atoms with Crippen LogP contribution < -0.4 is 4.90 Å². The molecular formula is C59H37NO2. The molecule has 0 atom stereocenters. The number of para-hydroxylation sites is 2. The molecule has 0 radical (unpaired) electrons. The van der Waals surface area contributed by atoms with Crippen molar-refractivity contribution < 1.29 is 8.83 Å². The summed E-state index contributed by atoms with van der Waals surface area (Å²) in [5.74, 6) is 0. The average Bonchev–Trinajstić information content (AvgIpc) is 4.01. The number of nitrogens with zero attached hydrogens (tertiary/aromatic N) is 1. The molecule has 3 nitrogen and oxygen atoms in total. The minimum atomic E-state index is -0.550. The fourth-order valence-electron chi connectivity index (χ4n) is 10.5. The van der Waals surface area contributed by atoms with Crippen LogP contribution >= 0.6 is 0 Å². The van der Waals surface area contributed by atoms with Crippen LogP contribution in [0.1, 0.15) is 22.3 Å². The first-order valence-corrected chi connectivity index (χ1v) is 21.2. The van der Waals surface area contributed by atoms with Gasteiger partial charge in [-0.05, 0) is 98.4 Å². The highest BCUT2D eigenvalue weighted by Crippen LogP contribution is 2.57. The topological polar surface area (TPSA) is 29.5 Å². The smallest absolute Gasteiger partial charge is 0.159 e. The summed E-state index contributed by atoms with van der Waals surface area (Å²) < 4.78 is 13.5. The Morgan fingerprint density at radius 2 is 0.984 bits per heavy atom. The van der Waals surface area contributed by atoms with Crippen molar-refractivity contribution in [3.05, 3.63) is 247 Å². The third-order valence-electron chi connectivity index (χ3n) is 13.1. The number of rotatable bonds is 6. The standard InChI is InChI=1S/C59H37NO2/c1-3-18-40(19-4-1)59(41-20-5-2-6-21-41)51-28-11-9-24-46(51)47-35-33-43(37-52(47)59)60(53-29-14-27-49-48-25-10-12-30-54(48)61-58(49)53)42-22-13-17-39(36-42)44-26-15-31-55-56(44)50-34-32-38-16-7-8-23-45(38)57(50)62-55/h1-37H. The Balaban J connectivity index is 1.08. The lowest BCUT2D eigenvalue weighted by atomic mass is 9.67. The quantitative estimate of drug-likeness (QED) is 0.168. The van der Waals surface area contributed by atoms with Gasteiger partial charge in [0.2, 0.25) is 0 Å². The van der Waals surface area contributed by atoms with Crippen molar-refractivity contribution in [2.24, 2.45) is 0 Å². The summed E-state index contributed by atoms with van der Waals surface area (Å²) in [5.41, 5.74) is 15.7. The van der Waals surface area contributed by atoms with Crippen molar-refractivity contribution in [2.45, 2.75) is 5.41 Å². The van der Waals surface area contributed by atoms with Gasteiger partial charge in [0.1, 0.15) is 16.7 Å². The second-order valence-corrected chi connectivity index (χ2v) is 16.3. The van der Waals surface area contributed by atoms with E-state index in [1.165, 1.54) is 38.8 Å². The fraction of sp³-hybridized carbons (Fsp3) is 0.0169. The molecule has 0 saturated carbocycles. The van der Waals surface area contributed by atoms with E-state index in [9.17, 15) is 0 Å². The average molecular weight is 792 g/mol. The summed E-state index contributed by atoms with van der Waals surface area (Å²) in [4.78, 5) is 2.39. The molecule has 13 rings (SSSR count). The predicted octanol–water partition coefficient (Wildman–Crippen LogP) is 16.1. The summed E-state index contributed by atoms with van der Waals surface area (Å²) in [7, 11) is 0. The van der Waals surface area contributed by atoms with Gasteiger partial charge in [-0.15, -0.1) is 0 Å². The van der Waals surface area contributed by atoms with Crippen molar-refractivity contribution in [2.75, 3.05) is 4.90 Å². The number of hydrogen-bond acceptors (Lipinski definition) is 3. The number of anilines is 3.